The molecule has 0 spiro atoms. The van der Waals surface area contributed by atoms with Crippen LogP contribution in [-0.4, -0.2) is 46.3 Å². The second kappa shape index (κ2) is 10.7. The van der Waals surface area contributed by atoms with Crippen molar-refractivity contribution in [1.82, 2.24) is 15.5 Å². The molecule has 0 saturated heterocycles. The van der Waals surface area contributed by atoms with Crippen LogP contribution in [0.3, 0.4) is 0 Å². The van der Waals surface area contributed by atoms with E-state index in [4.69, 9.17) is 12.2 Å². The predicted octanol–water partition coefficient (Wildman–Crippen LogP) is 2.73. The first-order chi connectivity index (χ1) is 18.2. The molecule has 0 fully saturated rings. The second-order valence-electron chi connectivity index (χ2n) is 9.27. The molecule has 2 aromatic rings. The number of thiocarbonyl (C=S) groups is 1. The van der Waals surface area contributed by atoms with Crippen molar-refractivity contribution in [2.75, 3.05) is 20.1 Å². The number of hydrogen-bond acceptors (Lipinski definition) is 8. The quantitative estimate of drug-likeness (QED) is 0.349. The molecule has 1 aliphatic carbocycles. The summed E-state index contributed by atoms with van der Waals surface area (Å²) in [7, 11) is 1.89. The summed E-state index contributed by atoms with van der Waals surface area (Å²) in [4.78, 5) is 14.6. The molecule has 4 N–H and O–H groups in total. The highest BCUT2D eigenvalue weighted by atomic mass is 32.1. The van der Waals surface area contributed by atoms with E-state index in [1.165, 1.54) is 12.1 Å². The minimum Gasteiger partial charge on any atom is -0.504 e. The molecule has 2 aliphatic rings. The fourth-order valence-electron chi connectivity index (χ4n) is 5.16. The molecule has 2 atom stereocenters. The van der Waals surface area contributed by atoms with Gasteiger partial charge in [-0.3, -0.25) is 4.79 Å². The number of allylic oxidation sites excluding steroid dienone is 2. The summed E-state index contributed by atoms with van der Waals surface area (Å²) in [6.07, 6.45) is 1.93. The van der Waals surface area contributed by atoms with Gasteiger partial charge in [-0.2, -0.15) is 15.8 Å². The van der Waals surface area contributed by atoms with Crippen LogP contribution >= 0.6 is 12.2 Å². The Bertz CT molecular complexity index is 1460. The molecule has 9 nitrogen and oxygen atoms in total. The molecule has 0 bridgehead atoms. The van der Waals surface area contributed by atoms with Crippen molar-refractivity contribution in [3.63, 3.8) is 0 Å². The fourth-order valence-corrected chi connectivity index (χ4v) is 5.37. The minimum atomic E-state index is -1.93. The number of hydrogen-bond donors (Lipinski definition) is 4. The van der Waals surface area contributed by atoms with E-state index in [9.17, 15) is 30.8 Å². The Labute approximate surface area is 225 Å². The topological polar surface area (TPSA) is 156 Å². The van der Waals surface area contributed by atoms with Gasteiger partial charge >= 0.3 is 0 Å². The van der Waals surface area contributed by atoms with Crippen molar-refractivity contribution in [2.45, 2.75) is 12.3 Å². The van der Waals surface area contributed by atoms with E-state index in [-0.39, 0.29) is 28.6 Å². The van der Waals surface area contributed by atoms with Gasteiger partial charge < -0.3 is 25.7 Å². The number of phenols is 2. The van der Waals surface area contributed by atoms with E-state index in [1.807, 2.05) is 36.2 Å². The first-order valence-electron chi connectivity index (χ1n) is 11.8. The van der Waals surface area contributed by atoms with Gasteiger partial charge in [0.25, 0.3) is 0 Å². The van der Waals surface area contributed by atoms with E-state index >= 15 is 0 Å². The Hall–Kier alpha value is -4.69. The largest absolute Gasteiger partial charge is 0.504 e. The van der Waals surface area contributed by atoms with Gasteiger partial charge in [0.05, 0.1) is 29.8 Å². The molecule has 38 heavy (non-hydrogen) atoms. The second-order valence-corrected chi connectivity index (χ2v) is 9.68. The Morgan fingerprint density at radius 3 is 2.47 bits per heavy atom. The van der Waals surface area contributed by atoms with Gasteiger partial charge in [-0.1, -0.05) is 42.5 Å². The number of carbonyl (C=O) groups excluding carboxylic acids is 1. The van der Waals surface area contributed by atoms with Gasteiger partial charge in [0.1, 0.15) is 6.07 Å². The zero-order valence-electron chi connectivity index (χ0n) is 20.5. The number of amides is 1. The molecule has 0 radical (unpaired) electrons. The molecular weight excluding hydrogens is 500 g/mol. The smallest absolute Gasteiger partial charge is 0.230 e. The summed E-state index contributed by atoms with van der Waals surface area (Å²) in [5, 5.41) is 56.6. The van der Waals surface area contributed by atoms with Crippen molar-refractivity contribution in [3.05, 3.63) is 82.6 Å². The SMILES string of the molecule is CN1CC=C2C(C#N)=C(NC(=S)NC(=O)Cc3ccccc3)C(C#N)(C#N)[C@@H](c3ccc(O)c(O)c3)[C@@H]2C1. The van der Waals surface area contributed by atoms with Gasteiger partial charge in [-0.25, -0.2) is 0 Å². The summed E-state index contributed by atoms with van der Waals surface area (Å²) in [6.45, 7) is 0.988. The Balaban J connectivity index is 1.79. The van der Waals surface area contributed by atoms with Crippen LogP contribution in [0.25, 0.3) is 0 Å². The molecule has 1 aliphatic heterocycles. The lowest BCUT2D eigenvalue weighted by molar-refractivity contribution is -0.119. The third kappa shape index (κ3) is 4.81. The average Bonchev–Trinajstić information content (AvgIpc) is 2.90. The summed E-state index contributed by atoms with van der Waals surface area (Å²) in [6, 6.07) is 19.6. The van der Waals surface area contributed by atoms with Gasteiger partial charge in [0.2, 0.25) is 5.91 Å². The lowest BCUT2D eigenvalue weighted by Gasteiger charge is -2.46. The summed E-state index contributed by atoms with van der Waals surface area (Å²) in [5.74, 6) is -2.41. The van der Waals surface area contributed by atoms with Crippen molar-refractivity contribution < 1.29 is 15.0 Å². The third-order valence-electron chi connectivity index (χ3n) is 6.85. The van der Waals surface area contributed by atoms with E-state index < -0.39 is 28.9 Å². The number of aromatic hydroxyl groups is 2. The zero-order chi connectivity index (χ0) is 27.4. The Kier molecular flexibility index (Phi) is 7.45. The van der Waals surface area contributed by atoms with Crippen molar-refractivity contribution in [1.29, 1.82) is 15.8 Å². The Morgan fingerprint density at radius 2 is 1.84 bits per heavy atom. The summed E-state index contributed by atoms with van der Waals surface area (Å²) in [5.41, 5.74) is 0.0141. The van der Waals surface area contributed by atoms with Gasteiger partial charge in [-0.15, -0.1) is 0 Å². The molecular formula is C28H24N6O3S. The van der Waals surface area contributed by atoms with Gasteiger partial charge in [0, 0.05) is 24.9 Å². The Morgan fingerprint density at radius 1 is 1.13 bits per heavy atom. The van der Waals surface area contributed by atoms with E-state index in [0.29, 0.717) is 24.2 Å². The molecule has 190 valence electrons. The summed E-state index contributed by atoms with van der Waals surface area (Å²) < 4.78 is 0. The van der Waals surface area contributed by atoms with Crippen molar-refractivity contribution >= 4 is 23.2 Å². The number of carbonyl (C=O) groups is 1. The number of benzene rings is 2. The van der Waals surface area contributed by atoms with E-state index in [2.05, 4.69) is 28.8 Å². The standard InChI is InChI=1S/C28H24N6O3S/c1-34-10-9-19-20(13-29)26(33-27(38)32-24(37)11-17-5-3-2-4-6-17)28(15-30,16-31)25(21(19)14-34)18-7-8-22(35)23(36)12-18/h2-9,12,21,25,35-36H,10-11,14H2,1H3,(H2,32,33,37,38)/t21-,25+/m1/s1. The minimum absolute atomic E-state index is 0.0281. The highest BCUT2D eigenvalue weighted by molar-refractivity contribution is 7.80. The zero-order valence-corrected chi connectivity index (χ0v) is 21.3. The molecule has 0 unspecified atom stereocenters. The monoisotopic (exact) mass is 524 g/mol. The molecule has 1 heterocycles. The number of rotatable bonds is 4. The van der Waals surface area contributed by atoms with E-state index in [0.717, 1.165) is 5.56 Å². The fraction of sp³-hybridized carbons (Fsp3) is 0.250. The van der Waals surface area contributed by atoms with Gasteiger partial charge in [-0.05, 0) is 48.1 Å². The van der Waals surface area contributed by atoms with Crippen LogP contribution in [0.1, 0.15) is 17.0 Å². The number of likely N-dealkylation sites (N-methyl/N-ethyl adjacent to an activating group) is 1. The lowest BCUT2D eigenvalue weighted by Crippen LogP contribution is -2.51. The molecule has 0 saturated carbocycles. The normalized spacial score (nSPS) is 20.1. The van der Waals surface area contributed by atoms with Crippen LogP contribution in [-0.2, 0) is 11.2 Å². The molecule has 0 aromatic heterocycles. The average molecular weight is 525 g/mol. The third-order valence-corrected chi connectivity index (χ3v) is 7.06. The van der Waals surface area contributed by atoms with E-state index in [1.54, 1.807) is 18.2 Å². The van der Waals surface area contributed by atoms with Crippen LogP contribution < -0.4 is 10.6 Å². The maximum atomic E-state index is 12.6. The van der Waals surface area contributed by atoms with Crippen molar-refractivity contribution in [2.24, 2.45) is 11.3 Å². The van der Waals surface area contributed by atoms with Crippen LogP contribution in [0.4, 0.5) is 0 Å². The van der Waals surface area contributed by atoms with Crippen LogP contribution in [0.5, 0.6) is 11.5 Å². The van der Waals surface area contributed by atoms with Crippen LogP contribution in [0.2, 0.25) is 0 Å². The molecule has 4 rings (SSSR count). The number of nitrogens with zero attached hydrogens (tertiary/aromatic N) is 4. The lowest BCUT2D eigenvalue weighted by atomic mass is 9.58. The van der Waals surface area contributed by atoms with Crippen LogP contribution in [0, 0.1) is 45.3 Å². The molecule has 2 aromatic carbocycles. The van der Waals surface area contributed by atoms with Gasteiger partial charge in [0.15, 0.2) is 22.0 Å². The number of nitriles is 3. The maximum Gasteiger partial charge on any atom is 0.230 e. The summed E-state index contributed by atoms with van der Waals surface area (Å²) >= 11 is 5.38. The first-order valence-corrected chi connectivity index (χ1v) is 12.2. The number of fused-ring (bicyclic) bond motifs is 1. The maximum absolute atomic E-state index is 12.6. The predicted molar refractivity (Wildman–Crippen MR) is 142 cm³/mol. The number of phenolic OH excluding ortho intramolecular Hbond substituents is 2. The number of nitrogens with one attached hydrogen (secondary N) is 2. The first kappa shape index (κ1) is 26.4. The molecule has 10 heteroatoms. The van der Waals surface area contributed by atoms with Crippen LogP contribution in [0.15, 0.2) is 71.5 Å². The highest BCUT2D eigenvalue weighted by Crippen LogP contribution is 2.55. The highest BCUT2D eigenvalue weighted by Gasteiger charge is 2.55. The molecule has 1 amide bonds. The van der Waals surface area contributed by atoms with Crippen molar-refractivity contribution in [3.8, 4) is 29.7 Å².